The number of halogens is 1. The van der Waals surface area contributed by atoms with Gasteiger partial charge in [-0.2, -0.15) is 0 Å². The van der Waals surface area contributed by atoms with E-state index in [1.807, 2.05) is 24.3 Å². The molecule has 0 saturated carbocycles. The van der Waals surface area contributed by atoms with Crippen LogP contribution in [-0.4, -0.2) is 32.1 Å². The molecule has 0 aliphatic carbocycles. The fraction of sp³-hybridized carbons (Fsp3) is 0.588. The lowest BCUT2D eigenvalue weighted by Crippen LogP contribution is -2.47. The summed E-state index contributed by atoms with van der Waals surface area (Å²) in [5.41, 5.74) is 1.32. The lowest BCUT2D eigenvalue weighted by Gasteiger charge is -2.35. The normalized spacial score (nSPS) is 27.0. The molecule has 1 aromatic rings. The zero-order chi connectivity index (χ0) is 14.7. The lowest BCUT2D eigenvalue weighted by molar-refractivity contribution is -0.126. The van der Waals surface area contributed by atoms with Crippen LogP contribution in [0.2, 0.25) is 0 Å². The van der Waals surface area contributed by atoms with Crippen molar-refractivity contribution in [1.82, 2.24) is 10.6 Å². The summed E-state index contributed by atoms with van der Waals surface area (Å²) in [4.78, 5) is 12.4. The van der Waals surface area contributed by atoms with Gasteiger partial charge in [-0.25, -0.2) is 0 Å². The highest BCUT2D eigenvalue weighted by molar-refractivity contribution is 5.85. The average molecular weight is 325 g/mol. The number of fused-ring (bicyclic) bond motifs is 1. The molecule has 0 bridgehead atoms. The zero-order valence-corrected chi connectivity index (χ0v) is 13.9. The first-order valence-corrected chi connectivity index (χ1v) is 7.85. The Kier molecular flexibility index (Phi) is 5.70. The van der Waals surface area contributed by atoms with Crippen LogP contribution in [0.15, 0.2) is 24.3 Å². The number of hydrogen-bond acceptors (Lipinski definition) is 3. The van der Waals surface area contributed by atoms with E-state index in [-0.39, 0.29) is 29.6 Å². The van der Waals surface area contributed by atoms with E-state index in [1.165, 1.54) is 12.8 Å². The molecule has 2 N–H and O–H groups in total. The molecule has 2 atom stereocenters. The summed E-state index contributed by atoms with van der Waals surface area (Å²) >= 11 is 0. The van der Waals surface area contributed by atoms with Crippen LogP contribution < -0.4 is 15.4 Å². The number of benzene rings is 1. The molecule has 1 fully saturated rings. The molecule has 4 nitrogen and oxygen atoms in total. The van der Waals surface area contributed by atoms with Gasteiger partial charge in [0.15, 0.2) is 0 Å². The third kappa shape index (κ3) is 3.93. The Morgan fingerprint density at radius 1 is 1.45 bits per heavy atom. The standard InChI is InChI=1S/C17H24N2O2.ClH/c1-17(7-4-8-18-11-17)12-19-16(20)14-9-13-5-2-3-6-15(13)21-10-14;/h2-3,5-6,14,18H,4,7-12H2,1H3,(H,19,20);1H. The maximum Gasteiger partial charge on any atom is 0.226 e. The Hall–Kier alpha value is -1.26. The molecule has 0 aromatic heterocycles. The second-order valence-electron chi connectivity index (χ2n) is 6.63. The minimum absolute atomic E-state index is 0. The van der Waals surface area contributed by atoms with Crippen LogP contribution in [0.1, 0.15) is 25.3 Å². The van der Waals surface area contributed by atoms with Crippen LogP contribution in [-0.2, 0) is 11.2 Å². The van der Waals surface area contributed by atoms with Crippen LogP contribution in [0, 0.1) is 11.3 Å². The van der Waals surface area contributed by atoms with Gasteiger partial charge in [0.2, 0.25) is 5.91 Å². The maximum absolute atomic E-state index is 12.4. The summed E-state index contributed by atoms with van der Waals surface area (Å²) in [7, 11) is 0. The fourth-order valence-electron chi connectivity index (χ4n) is 3.21. The molecule has 122 valence electrons. The van der Waals surface area contributed by atoms with Crippen molar-refractivity contribution in [2.75, 3.05) is 26.2 Å². The summed E-state index contributed by atoms with van der Waals surface area (Å²) in [6, 6.07) is 7.98. The highest BCUT2D eigenvalue weighted by Gasteiger charge is 2.30. The van der Waals surface area contributed by atoms with Gasteiger partial charge in [-0.3, -0.25) is 4.79 Å². The van der Waals surface area contributed by atoms with Gasteiger partial charge >= 0.3 is 0 Å². The second kappa shape index (κ2) is 7.34. The van der Waals surface area contributed by atoms with Gasteiger partial charge in [0.05, 0.1) is 5.92 Å². The Morgan fingerprint density at radius 3 is 3.05 bits per heavy atom. The van der Waals surface area contributed by atoms with Gasteiger partial charge in [-0.05, 0) is 42.9 Å². The van der Waals surface area contributed by atoms with Gasteiger partial charge in [-0.15, -0.1) is 12.4 Å². The molecule has 2 aliphatic rings. The van der Waals surface area contributed by atoms with Crippen molar-refractivity contribution in [2.45, 2.75) is 26.2 Å². The molecule has 1 aromatic carbocycles. The van der Waals surface area contributed by atoms with Crippen molar-refractivity contribution >= 4 is 18.3 Å². The SMILES string of the molecule is CC1(CNC(=O)C2COc3ccccc3C2)CCCNC1.Cl. The Bertz CT molecular complexity index is 515. The van der Waals surface area contributed by atoms with Crippen molar-refractivity contribution < 1.29 is 9.53 Å². The molecule has 3 rings (SSSR count). The summed E-state index contributed by atoms with van der Waals surface area (Å²) in [6.07, 6.45) is 3.13. The number of para-hydroxylation sites is 1. The van der Waals surface area contributed by atoms with E-state index in [0.29, 0.717) is 6.61 Å². The van der Waals surface area contributed by atoms with Crippen LogP contribution in [0.5, 0.6) is 5.75 Å². The van der Waals surface area contributed by atoms with Crippen LogP contribution in [0.3, 0.4) is 0 Å². The van der Waals surface area contributed by atoms with E-state index in [1.54, 1.807) is 0 Å². The van der Waals surface area contributed by atoms with Gasteiger partial charge in [0, 0.05) is 13.1 Å². The Balaban J connectivity index is 0.00000176. The molecular weight excluding hydrogens is 300 g/mol. The molecule has 22 heavy (non-hydrogen) atoms. The number of amides is 1. The van der Waals surface area contributed by atoms with E-state index in [0.717, 1.165) is 37.4 Å². The summed E-state index contributed by atoms with van der Waals surface area (Å²) in [6.45, 7) is 5.55. The van der Waals surface area contributed by atoms with E-state index in [9.17, 15) is 4.79 Å². The number of rotatable bonds is 3. The molecule has 1 saturated heterocycles. The minimum Gasteiger partial charge on any atom is -0.492 e. The monoisotopic (exact) mass is 324 g/mol. The number of ether oxygens (including phenoxy) is 1. The Morgan fingerprint density at radius 2 is 2.27 bits per heavy atom. The van der Waals surface area contributed by atoms with Crippen molar-refractivity contribution in [2.24, 2.45) is 11.3 Å². The molecular formula is C17H25ClN2O2. The highest BCUT2D eigenvalue weighted by atomic mass is 35.5. The predicted octanol–water partition coefficient (Wildman–Crippen LogP) is 2.17. The smallest absolute Gasteiger partial charge is 0.226 e. The topological polar surface area (TPSA) is 50.4 Å². The average Bonchev–Trinajstić information content (AvgIpc) is 2.53. The minimum atomic E-state index is -0.0694. The molecule has 0 radical (unpaired) electrons. The quantitative estimate of drug-likeness (QED) is 0.896. The molecule has 5 heteroatoms. The van der Waals surface area contributed by atoms with Crippen molar-refractivity contribution in [3.63, 3.8) is 0 Å². The highest BCUT2D eigenvalue weighted by Crippen LogP contribution is 2.28. The summed E-state index contributed by atoms with van der Waals surface area (Å²) < 4.78 is 5.70. The first kappa shape index (κ1) is 17.1. The van der Waals surface area contributed by atoms with E-state index < -0.39 is 0 Å². The number of carbonyl (C=O) groups is 1. The molecule has 1 amide bonds. The molecule has 2 heterocycles. The van der Waals surface area contributed by atoms with Gasteiger partial charge in [0.25, 0.3) is 0 Å². The van der Waals surface area contributed by atoms with E-state index in [4.69, 9.17) is 4.74 Å². The first-order chi connectivity index (χ1) is 10.2. The maximum atomic E-state index is 12.4. The van der Waals surface area contributed by atoms with Crippen molar-refractivity contribution in [1.29, 1.82) is 0 Å². The van der Waals surface area contributed by atoms with Crippen molar-refractivity contribution in [3.8, 4) is 5.75 Å². The van der Waals surface area contributed by atoms with E-state index in [2.05, 4.69) is 17.6 Å². The van der Waals surface area contributed by atoms with Gasteiger partial charge < -0.3 is 15.4 Å². The third-order valence-electron chi connectivity index (χ3n) is 4.62. The lowest BCUT2D eigenvalue weighted by atomic mass is 9.82. The zero-order valence-electron chi connectivity index (χ0n) is 13.1. The predicted molar refractivity (Wildman–Crippen MR) is 89.6 cm³/mol. The Labute approximate surface area is 138 Å². The van der Waals surface area contributed by atoms with Crippen LogP contribution in [0.25, 0.3) is 0 Å². The van der Waals surface area contributed by atoms with Crippen LogP contribution >= 0.6 is 12.4 Å². The van der Waals surface area contributed by atoms with Crippen LogP contribution in [0.4, 0.5) is 0 Å². The van der Waals surface area contributed by atoms with Gasteiger partial charge in [0.1, 0.15) is 12.4 Å². The number of hydrogen-bond donors (Lipinski definition) is 2. The molecule has 2 aliphatic heterocycles. The largest absolute Gasteiger partial charge is 0.492 e. The number of piperidine rings is 1. The number of carbonyl (C=O) groups excluding carboxylic acids is 1. The first-order valence-electron chi connectivity index (χ1n) is 7.85. The fourth-order valence-corrected chi connectivity index (χ4v) is 3.21. The molecule has 2 unspecified atom stereocenters. The third-order valence-corrected chi connectivity index (χ3v) is 4.62. The second-order valence-corrected chi connectivity index (χ2v) is 6.63. The van der Waals surface area contributed by atoms with E-state index >= 15 is 0 Å². The van der Waals surface area contributed by atoms with Crippen molar-refractivity contribution in [3.05, 3.63) is 29.8 Å². The van der Waals surface area contributed by atoms with Gasteiger partial charge in [-0.1, -0.05) is 25.1 Å². The number of nitrogens with one attached hydrogen (secondary N) is 2. The summed E-state index contributed by atoms with van der Waals surface area (Å²) in [5, 5.41) is 6.55. The summed E-state index contributed by atoms with van der Waals surface area (Å²) in [5.74, 6) is 0.973. The molecule has 0 spiro atoms.